The van der Waals surface area contributed by atoms with Gasteiger partial charge in [-0.25, -0.2) is 0 Å². The average Bonchev–Trinajstić information content (AvgIpc) is 3.09. The van der Waals surface area contributed by atoms with Crippen LogP contribution in [0, 0.1) is 0 Å². The molecular formula is C22H26PS+. The fraction of sp³-hybridized carbons (Fsp3) is 0.273. The highest BCUT2D eigenvalue weighted by Crippen LogP contribution is 2.49. The molecule has 1 aliphatic rings. The van der Waals surface area contributed by atoms with E-state index in [0.29, 0.717) is 0 Å². The normalized spacial score (nSPS) is 15.3. The van der Waals surface area contributed by atoms with Crippen molar-refractivity contribution in [1.82, 2.24) is 0 Å². The van der Waals surface area contributed by atoms with Crippen LogP contribution in [0.3, 0.4) is 0 Å². The number of thioether (sulfide) groups is 1. The van der Waals surface area contributed by atoms with Gasteiger partial charge in [0.15, 0.2) is 0 Å². The van der Waals surface area contributed by atoms with Crippen molar-refractivity contribution in [3.63, 3.8) is 0 Å². The maximum atomic E-state index is 2.39. The lowest BCUT2D eigenvalue weighted by atomic mass is 10.1. The number of allylic oxidation sites excluding steroid dienone is 4. The van der Waals surface area contributed by atoms with E-state index in [0.717, 1.165) is 11.7 Å². The van der Waals surface area contributed by atoms with Gasteiger partial charge in [-0.2, -0.15) is 11.8 Å². The van der Waals surface area contributed by atoms with Crippen molar-refractivity contribution >= 4 is 30.3 Å². The van der Waals surface area contributed by atoms with E-state index >= 15 is 0 Å². The number of benzene rings is 2. The molecule has 0 bridgehead atoms. The van der Waals surface area contributed by atoms with Crippen LogP contribution in [0.4, 0.5) is 0 Å². The Balaban J connectivity index is 2.02. The molecule has 2 aromatic rings. The molecule has 0 amide bonds. The summed E-state index contributed by atoms with van der Waals surface area (Å²) >= 11 is 2.01. The first kappa shape index (κ1) is 17.5. The first-order chi connectivity index (χ1) is 11.8. The predicted octanol–water partition coefficient (Wildman–Crippen LogP) is 5.60. The molecule has 1 unspecified atom stereocenters. The van der Waals surface area contributed by atoms with E-state index in [1.165, 1.54) is 23.5 Å². The Hall–Kier alpha value is -1.30. The molecule has 1 atom stereocenters. The molecule has 0 radical (unpaired) electrons. The van der Waals surface area contributed by atoms with Crippen LogP contribution in [0.25, 0.3) is 0 Å². The number of hydrogen-bond acceptors (Lipinski definition) is 1. The number of hydrogen-bond donors (Lipinski definition) is 0. The third kappa shape index (κ3) is 4.02. The van der Waals surface area contributed by atoms with Crippen molar-refractivity contribution in [3.8, 4) is 0 Å². The summed E-state index contributed by atoms with van der Waals surface area (Å²) in [5, 5.41) is 5.42. The molecule has 0 aliphatic heterocycles. The summed E-state index contributed by atoms with van der Waals surface area (Å²) in [5.74, 6) is 0. The second-order valence-corrected chi connectivity index (χ2v) is 9.83. The van der Waals surface area contributed by atoms with Gasteiger partial charge in [0, 0.05) is 11.7 Å². The topological polar surface area (TPSA) is 0 Å². The van der Waals surface area contributed by atoms with Crippen molar-refractivity contribution in [2.75, 3.05) is 6.26 Å². The summed E-state index contributed by atoms with van der Waals surface area (Å²) in [6, 6.07) is 22.2. The summed E-state index contributed by atoms with van der Waals surface area (Å²) in [4.78, 5) is 0. The Morgan fingerprint density at radius 1 is 0.958 bits per heavy atom. The van der Waals surface area contributed by atoms with Gasteiger partial charge in [-0.3, -0.25) is 0 Å². The molecule has 2 heteroatoms. The van der Waals surface area contributed by atoms with E-state index in [1.807, 2.05) is 11.8 Å². The molecule has 124 valence electrons. The van der Waals surface area contributed by atoms with Gasteiger partial charge in [0.1, 0.15) is 10.6 Å². The molecule has 0 saturated carbocycles. The summed E-state index contributed by atoms with van der Waals surface area (Å²) < 4.78 is 0. The highest BCUT2D eigenvalue weighted by molar-refractivity contribution is 7.99. The Kier molecular flexibility index (Phi) is 6.35. The Morgan fingerprint density at radius 3 is 2.04 bits per heavy atom. The largest absolute Gasteiger partial charge is 0.162 e. The molecule has 24 heavy (non-hydrogen) atoms. The van der Waals surface area contributed by atoms with E-state index < -0.39 is 7.92 Å². The van der Waals surface area contributed by atoms with Crippen molar-refractivity contribution in [1.29, 1.82) is 0 Å². The van der Waals surface area contributed by atoms with E-state index in [2.05, 4.69) is 86.0 Å². The molecular weight excluding hydrogens is 327 g/mol. The lowest BCUT2D eigenvalue weighted by Crippen LogP contribution is -2.13. The molecule has 0 nitrogen and oxygen atoms in total. The van der Waals surface area contributed by atoms with Crippen LogP contribution >= 0.6 is 19.7 Å². The first-order valence-electron chi connectivity index (χ1n) is 8.73. The van der Waals surface area contributed by atoms with Gasteiger partial charge in [0.25, 0.3) is 0 Å². The van der Waals surface area contributed by atoms with Crippen LogP contribution in [-0.4, -0.2) is 11.5 Å². The molecule has 0 fully saturated rings. The van der Waals surface area contributed by atoms with Gasteiger partial charge < -0.3 is 0 Å². The van der Waals surface area contributed by atoms with E-state index in [4.69, 9.17) is 0 Å². The minimum absolute atomic E-state index is 0.729. The standard InChI is InChI=1S/C22H25PS/c1-3-21(24-2)17-18-11-10-16-22(18)23(19-12-6-4-7-13-19)20-14-8-5-9-15-20/h4-15,21H,3,16-17H2,1-2H3/p+1. The smallest absolute Gasteiger partial charge is 0.102 e. The lowest BCUT2D eigenvalue weighted by molar-refractivity contribution is 0.820. The quantitative estimate of drug-likeness (QED) is 0.584. The second kappa shape index (κ2) is 8.70. The highest BCUT2D eigenvalue weighted by Gasteiger charge is 2.31. The third-order valence-electron chi connectivity index (χ3n) is 4.69. The van der Waals surface area contributed by atoms with Crippen LogP contribution in [-0.2, 0) is 0 Å². The lowest BCUT2D eigenvalue weighted by Gasteiger charge is -2.16. The average molecular weight is 353 g/mol. The molecule has 1 aliphatic carbocycles. The molecule has 0 aromatic heterocycles. The fourth-order valence-corrected chi connectivity index (χ4v) is 6.96. The van der Waals surface area contributed by atoms with E-state index in [1.54, 1.807) is 10.9 Å². The van der Waals surface area contributed by atoms with Crippen LogP contribution in [0.2, 0.25) is 0 Å². The van der Waals surface area contributed by atoms with E-state index in [-0.39, 0.29) is 0 Å². The SMILES string of the molecule is CCC(CC1=C([PH+](c2ccccc2)c2ccccc2)CC=C1)SC. The van der Waals surface area contributed by atoms with Crippen molar-refractivity contribution in [3.05, 3.63) is 83.7 Å². The maximum Gasteiger partial charge on any atom is 0.102 e. The van der Waals surface area contributed by atoms with Gasteiger partial charge in [0.2, 0.25) is 0 Å². The zero-order chi connectivity index (χ0) is 16.8. The zero-order valence-electron chi connectivity index (χ0n) is 14.5. The Labute approximate surface area is 151 Å². The molecule has 0 spiro atoms. The van der Waals surface area contributed by atoms with Crippen molar-refractivity contribution < 1.29 is 0 Å². The summed E-state index contributed by atoms with van der Waals surface area (Å²) in [6.07, 6.45) is 10.6. The summed E-state index contributed by atoms with van der Waals surface area (Å²) in [7, 11) is -0.879. The second-order valence-electron chi connectivity index (χ2n) is 6.19. The van der Waals surface area contributed by atoms with Gasteiger partial charge in [-0.05, 0) is 48.9 Å². The molecule has 0 saturated heterocycles. The molecule has 0 N–H and O–H groups in total. The maximum absolute atomic E-state index is 2.39. The highest BCUT2D eigenvalue weighted by atomic mass is 32.2. The monoisotopic (exact) mass is 353 g/mol. The molecule has 3 rings (SSSR count). The van der Waals surface area contributed by atoms with Crippen LogP contribution in [0.15, 0.2) is 83.7 Å². The zero-order valence-corrected chi connectivity index (χ0v) is 16.4. The van der Waals surface area contributed by atoms with Crippen LogP contribution in [0.5, 0.6) is 0 Å². The van der Waals surface area contributed by atoms with Gasteiger partial charge in [0.05, 0.1) is 13.2 Å². The van der Waals surface area contributed by atoms with Gasteiger partial charge >= 0.3 is 0 Å². The van der Waals surface area contributed by atoms with Gasteiger partial charge in [-0.1, -0.05) is 55.5 Å². The van der Waals surface area contributed by atoms with Gasteiger partial charge in [-0.15, -0.1) is 0 Å². The van der Waals surface area contributed by atoms with E-state index in [9.17, 15) is 0 Å². The van der Waals surface area contributed by atoms with Crippen LogP contribution < -0.4 is 10.6 Å². The summed E-state index contributed by atoms with van der Waals surface area (Å²) in [5.41, 5.74) is 1.60. The molecule has 0 heterocycles. The third-order valence-corrected chi connectivity index (χ3v) is 8.81. The summed E-state index contributed by atoms with van der Waals surface area (Å²) in [6.45, 7) is 2.31. The van der Waals surface area contributed by atoms with Crippen molar-refractivity contribution in [2.45, 2.75) is 31.4 Å². The fourth-order valence-electron chi connectivity index (χ4n) is 3.37. The molecule has 2 aromatic carbocycles. The number of rotatable bonds is 7. The first-order valence-corrected chi connectivity index (χ1v) is 11.5. The van der Waals surface area contributed by atoms with Crippen LogP contribution in [0.1, 0.15) is 26.2 Å². The Bertz CT molecular complexity index is 660. The van der Waals surface area contributed by atoms with Crippen molar-refractivity contribution in [2.24, 2.45) is 0 Å². The Morgan fingerprint density at radius 2 is 1.54 bits per heavy atom. The minimum atomic E-state index is -0.879. The predicted molar refractivity (Wildman–Crippen MR) is 113 cm³/mol. The minimum Gasteiger partial charge on any atom is -0.162 e.